The van der Waals surface area contributed by atoms with Crippen molar-refractivity contribution < 1.29 is 9.59 Å². The fourth-order valence-corrected chi connectivity index (χ4v) is 1.64. The van der Waals surface area contributed by atoms with Crippen molar-refractivity contribution in [2.24, 2.45) is 5.92 Å². The van der Waals surface area contributed by atoms with Crippen LogP contribution in [0.2, 0.25) is 0 Å². The van der Waals surface area contributed by atoms with Gasteiger partial charge in [-0.15, -0.1) is 0 Å². The highest BCUT2D eigenvalue weighted by Crippen LogP contribution is 2.31. The van der Waals surface area contributed by atoms with Gasteiger partial charge in [0.25, 0.3) is 0 Å². The molecular formula is C9H14N2O2. The van der Waals surface area contributed by atoms with Crippen molar-refractivity contribution in [2.75, 3.05) is 26.2 Å². The number of carbonyl (C=O) groups excluding carboxylic acids is 2. The van der Waals surface area contributed by atoms with Crippen LogP contribution in [0.5, 0.6) is 0 Å². The van der Waals surface area contributed by atoms with Gasteiger partial charge < -0.3 is 9.80 Å². The van der Waals surface area contributed by atoms with E-state index in [1.165, 1.54) is 0 Å². The van der Waals surface area contributed by atoms with Crippen LogP contribution in [-0.4, -0.2) is 48.3 Å². The maximum atomic E-state index is 11.6. The molecule has 72 valence electrons. The Morgan fingerprint density at radius 2 is 1.77 bits per heavy atom. The third-order valence-electron chi connectivity index (χ3n) is 2.70. The molecule has 2 aliphatic rings. The smallest absolute Gasteiger partial charge is 0.225 e. The van der Waals surface area contributed by atoms with Crippen molar-refractivity contribution in [3.8, 4) is 0 Å². The van der Waals surface area contributed by atoms with Crippen LogP contribution in [0, 0.1) is 5.92 Å². The summed E-state index contributed by atoms with van der Waals surface area (Å²) in [4.78, 5) is 25.6. The second kappa shape index (κ2) is 3.36. The van der Waals surface area contributed by atoms with E-state index in [-0.39, 0.29) is 0 Å². The first-order valence-corrected chi connectivity index (χ1v) is 4.79. The maximum Gasteiger partial charge on any atom is 0.225 e. The number of hydrogen-bond acceptors (Lipinski definition) is 2. The van der Waals surface area contributed by atoms with Gasteiger partial charge in [-0.3, -0.25) is 9.59 Å². The zero-order chi connectivity index (χ0) is 9.26. The molecule has 0 aromatic carbocycles. The summed E-state index contributed by atoms with van der Waals surface area (Å²) in [5, 5.41) is 0. The van der Waals surface area contributed by atoms with Crippen LogP contribution in [0.15, 0.2) is 0 Å². The van der Waals surface area contributed by atoms with E-state index in [1.54, 1.807) is 4.90 Å². The van der Waals surface area contributed by atoms with E-state index in [0.717, 1.165) is 19.3 Å². The number of amides is 2. The van der Waals surface area contributed by atoms with Crippen molar-refractivity contribution >= 4 is 12.3 Å². The second-order valence-corrected chi connectivity index (χ2v) is 3.74. The predicted molar refractivity (Wildman–Crippen MR) is 46.9 cm³/mol. The van der Waals surface area contributed by atoms with Crippen molar-refractivity contribution in [3.63, 3.8) is 0 Å². The lowest BCUT2D eigenvalue weighted by atomic mass is 10.3. The summed E-state index contributed by atoms with van der Waals surface area (Å²) in [6.45, 7) is 2.83. The number of nitrogens with zero attached hydrogens (tertiary/aromatic N) is 2. The molecule has 4 heteroatoms. The topological polar surface area (TPSA) is 40.6 Å². The van der Waals surface area contributed by atoms with Gasteiger partial charge in [-0.25, -0.2) is 0 Å². The molecule has 1 saturated heterocycles. The molecule has 0 aromatic rings. The first-order chi connectivity index (χ1) is 6.31. The Hall–Kier alpha value is -1.06. The molecule has 2 fully saturated rings. The molecule has 0 unspecified atom stereocenters. The van der Waals surface area contributed by atoms with E-state index < -0.39 is 0 Å². The number of hydrogen-bond donors (Lipinski definition) is 0. The van der Waals surface area contributed by atoms with Gasteiger partial charge >= 0.3 is 0 Å². The lowest BCUT2D eigenvalue weighted by Crippen LogP contribution is -2.48. The van der Waals surface area contributed by atoms with Gasteiger partial charge in [0.2, 0.25) is 12.3 Å². The number of rotatable bonds is 2. The Balaban J connectivity index is 1.83. The first-order valence-electron chi connectivity index (χ1n) is 4.79. The van der Waals surface area contributed by atoms with Crippen LogP contribution in [-0.2, 0) is 9.59 Å². The van der Waals surface area contributed by atoms with Crippen LogP contribution in [0.4, 0.5) is 0 Å². The van der Waals surface area contributed by atoms with Gasteiger partial charge in [-0.05, 0) is 12.8 Å². The largest absolute Gasteiger partial charge is 0.342 e. The van der Waals surface area contributed by atoms with E-state index in [2.05, 4.69) is 0 Å². The first kappa shape index (κ1) is 8.53. The Kier molecular flexibility index (Phi) is 2.20. The van der Waals surface area contributed by atoms with E-state index in [0.29, 0.717) is 38.0 Å². The van der Waals surface area contributed by atoms with Crippen LogP contribution in [0.25, 0.3) is 0 Å². The SMILES string of the molecule is O=CN1CCN(C(=O)C2CC2)CC1. The van der Waals surface area contributed by atoms with Gasteiger partial charge in [-0.1, -0.05) is 0 Å². The standard InChI is InChI=1S/C9H14N2O2/c12-7-10-3-5-11(6-4-10)9(13)8-1-2-8/h7-8H,1-6H2. The monoisotopic (exact) mass is 182 g/mol. The molecule has 1 aliphatic heterocycles. The Morgan fingerprint density at radius 3 is 2.23 bits per heavy atom. The van der Waals surface area contributed by atoms with Gasteiger partial charge in [0.15, 0.2) is 0 Å². The normalized spacial score (nSPS) is 23.1. The van der Waals surface area contributed by atoms with Gasteiger partial charge in [0, 0.05) is 32.1 Å². The van der Waals surface area contributed by atoms with E-state index >= 15 is 0 Å². The minimum Gasteiger partial charge on any atom is -0.342 e. The summed E-state index contributed by atoms with van der Waals surface area (Å²) >= 11 is 0. The average Bonchev–Trinajstić information content (AvgIpc) is 3.00. The van der Waals surface area contributed by atoms with Crippen LogP contribution in [0.3, 0.4) is 0 Å². The number of carbonyl (C=O) groups is 2. The van der Waals surface area contributed by atoms with Crippen LogP contribution < -0.4 is 0 Å². The van der Waals surface area contributed by atoms with Crippen molar-refractivity contribution in [1.82, 2.24) is 9.80 Å². The zero-order valence-corrected chi connectivity index (χ0v) is 7.61. The average molecular weight is 182 g/mol. The fourth-order valence-electron chi connectivity index (χ4n) is 1.64. The van der Waals surface area contributed by atoms with E-state index in [4.69, 9.17) is 0 Å². The molecule has 1 aliphatic carbocycles. The summed E-state index contributed by atoms with van der Waals surface area (Å²) in [6.07, 6.45) is 2.98. The van der Waals surface area contributed by atoms with Crippen molar-refractivity contribution in [1.29, 1.82) is 0 Å². The molecule has 2 amide bonds. The predicted octanol–water partition coefficient (Wildman–Crippen LogP) is -0.303. The Labute approximate surface area is 77.5 Å². The highest BCUT2D eigenvalue weighted by Gasteiger charge is 2.34. The van der Waals surface area contributed by atoms with Crippen LogP contribution in [0.1, 0.15) is 12.8 Å². The maximum absolute atomic E-state index is 11.6. The Morgan fingerprint density at radius 1 is 1.15 bits per heavy atom. The second-order valence-electron chi connectivity index (χ2n) is 3.74. The summed E-state index contributed by atoms with van der Waals surface area (Å²) < 4.78 is 0. The summed E-state index contributed by atoms with van der Waals surface area (Å²) in [6, 6.07) is 0. The Bertz CT molecular complexity index is 218. The third kappa shape index (κ3) is 1.82. The molecule has 1 heterocycles. The summed E-state index contributed by atoms with van der Waals surface area (Å²) in [5.74, 6) is 0.605. The fraction of sp³-hybridized carbons (Fsp3) is 0.778. The molecule has 1 saturated carbocycles. The molecule has 0 spiro atoms. The van der Waals surface area contributed by atoms with Gasteiger partial charge in [0.05, 0.1) is 0 Å². The minimum absolute atomic E-state index is 0.297. The van der Waals surface area contributed by atoms with Gasteiger partial charge in [-0.2, -0.15) is 0 Å². The van der Waals surface area contributed by atoms with Crippen molar-refractivity contribution in [3.05, 3.63) is 0 Å². The van der Waals surface area contributed by atoms with E-state index in [1.807, 2.05) is 4.90 Å². The molecule has 4 nitrogen and oxygen atoms in total. The third-order valence-corrected chi connectivity index (χ3v) is 2.70. The minimum atomic E-state index is 0.297. The quantitative estimate of drug-likeness (QED) is 0.550. The van der Waals surface area contributed by atoms with Crippen LogP contribution >= 0.6 is 0 Å². The molecule has 0 bridgehead atoms. The molecule has 0 atom stereocenters. The highest BCUT2D eigenvalue weighted by atomic mass is 16.2. The van der Waals surface area contributed by atoms with E-state index in [9.17, 15) is 9.59 Å². The summed E-state index contributed by atoms with van der Waals surface area (Å²) in [7, 11) is 0. The molecule has 2 rings (SSSR count). The molecular weight excluding hydrogens is 168 g/mol. The lowest BCUT2D eigenvalue weighted by molar-refractivity contribution is -0.136. The van der Waals surface area contributed by atoms with Gasteiger partial charge in [0.1, 0.15) is 0 Å². The molecule has 0 aromatic heterocycles. The molecule has 0 radical (unpaired) electrons. The lowest BCUT2D eigenvalue weighted by Gasteiger charge is -2.32. The molecule has 0 N–H and O–H groups in total. The number of piperazine rings is 1. The highest BCUT2D eigenvalue weighted by molar-refractivity contribution is 5.81. The van der Waals surface area contributed by atoms with Crippen molar-refractivity contribution in [2.45, 2.75) is 12.8 Å². The molecule has 13 heavy (non-hydrogen) atoms. The zero-order valence-electron chi connectivity index (χ0n) is 7.61. The summed E-state index contributed by atoms with van der Waals surface area (Å²) in [5.41, 5.74) is 0.